The van der Waals surface area contributed by atoms with Gasteiger partial charge in [0.15, 0.2) is 0 Å². The minimum atomic E-state index is -0.802. The quantitative estimate of drug-likeness (QED) is 0.919. The van der Waals surface area contributed by atoms with Crippen LogP contribution < -0.4 is 0 Å². The second-order valence-corrected chi connectivity index (χ2v) is 5.78. The van der Waals surface area contributed by atoms with Gasteiger partial charge in [0.05, 0.1) is 5.02 Å². The topological polar surface area (TPSA) is 46.5 Å². The van der Waals surface area contributed by atoms with Gasteiger partial charge in [-0.15, -0.1) is 11.8 Å². The van der Waals surface area contributed by atoms with Crippen LogP contribution in [0.3, 0.4) is 0 Å². The van der Waals surface area contributed by atoms with Crippen LogP contribution in [-0.4, -0.2) is 29.0 Å². The van der Waals surface area contributed by atoms with Crippen molar-refractivity contribution in [1.82, 2.24) is 0 Å². The van der Waals surface area contributed by atoms with Crippen molar-refractivity contribution in [3.8, 4) is 0 Å². The molecular formula is C12H13ClO3S. The summed E-state index contributed by atoms with van der Waals surface area (Å²) in [7, 11) is 0. The van der Waals surface area contributed by atoms with E-state index in [0.717, 1.165) is 4.90 Å². The highest BCUT2D eigenvalue weighted by atomic mass is 35.5. The standard InChI is InChI=1S/C12H13ClO3S/c13-9-3-1-2-4-10(9)17-12(11(14)15)5-7-16-8-6-12/h1-4H,5-8H2,(H,14,15). The van der Waals surface area contributed by atoms with Crippen LogP contribution in [0.5, 0.6) is 0 Å². The Labute approximate surface area is 109 Å². The number of halogens is 1. The smallest absolute Gasteiger partial charge is 0.320 e. The minimum absolute atomic E-state index is 0.490. The Hall–Kier alpha value is -0.710. The molecule has 1 N–H and O–H groups in total. The van der Waals surface area contributed by atoms with E-state index in [1.165, 1.54) is 11.8 Å². The van der Waals surface area contributed by atoms with E-state index in [2.05, 4.69) is 0 Å². The fourth-order valence-electron chi connectivity index (χ4n) is 1.80. The summed E-state index contributed by atoms with van der Waals surface area (Å²) in [5.41, 5.74) is 0. The van der Waals surface area contributed by atoms with Crippen molar-refractivity contribution in [3.05, 3.63) is 29.3 Å². The van der Waals surface area contributed by atoms with Gasteiger partial charge in [-0.25, -0.2) is 0 Å². The van der Waals surface area contributed by atoms with Gasteiger partial charge < -0.3 is 9.84 Å². The molecule has 17 heavy (non-hydrogen) atoms. The molecule has 92 valence electrons. The van der Waals surface area contributed by atoms with Crippen LogP contribution in [0.15, 0.2) is 29.2 Å². The van der Waals surface area contributed by atoms with Gasteiger partial charge in [-0.05, 0) is 25.0 Å². The first kappa shape index (κ1) is 12.7. The third kappa shape index (κ3) is 2.76. The summed E-state index contributed by atoms with van der Waals surface area (Å²) in [6.45, 7) is 0.980. The first-order chi connectivity index (χ1) is 8.14. The number of carboxylic acid groups (broad SMARTS) is 1. The molecule has 2 rings (SSSR count). The Morgan fingerprint density at radius 3 is 2.59 bits per heavy atom. The molecule has 1 aliphatic heterocycles. The van der Waals surface area contributed by atoms with Crippen molar-refractivity contribution in [3.63, 3.8) is 0 Å². The molecule has 0 atom stereocenters. The molecule has 0 aromatic heterocycles. The number of thioether (sulfide) groups is 1. The fraction of sp³-hybridized carbons (Fsp3) is 0.417. The molecule has 0 amide bonds. The van der Waals surface area contributed by atoms with E-state index in [1.54, 1.807) is 6.07 Å². The predicted octanol–water partition coefficient (Wildman–Crippen LogP) is 3.07. The second kappa shape index (κ2) is 5.29. The van der Waals surface area contributed by atoms with E-state index in [1.807, 2.05) is 18.2 Å². The maximum absolute atomic E-state index is 11.5. The van der Waals surface area contributed by atoms with Crippen LogP contribution in [0.4, 0.5) is 0 Å². The Balaban J connectivity index is 2.24. The number of hydrogen-bond acceptors (Lipinski definition) is 3. The summed E-state index contributed by atoms with van der Waals surface area (Å²) >= 11 is 7.40. The third-order valence-electron chi connectivity index (χ3n) is 2.83. The molecule has 0 saturated carbocycles. The van der Waals surface area contributed by atoms with Crippen molar-refractivity contribution in [2.24, 2.45) is 0 Å². The van der Waals surface area contributed by atoms with Gasteiger partial charge in [-0.1, -0.05) is 23.7 Å². The molecule has 1 aliphatic rings. The van der Waals surface area contributed by atoms with Gasteiger partial charge in [-0.3, -0.25) is 4.79 Å². The van der Waals surface area contributed by atoms with Crippen molar-refractivity contribution in [1.29, 1.82) is 0 Å². The zero-order valence-corrected chi connectivity index (χ0v) is 10.8. The highest BCUT2D eigenvalue weighted by molar-refractivity contribution is 8.01. The van der Waals surface area contributed by atoms with Crippen LogP contribution in [0, 0.1) is 0 Å². The maximum Gasteiger partial charge on any atom is 0.320 e. The molecule has 1 aromatic carbocycles. The summed E-state index contributed by atoms with van der Waals surface area (Å²) in [6, 6.07) is 7.33. The molecular weight excluding hydrogens is 260 g/mol. The lowest BCUT2D eigenvalue weighted by Gasteiger charge is -2.32. The van der Waals surface area contributed by atoms with Crippen LogP contribution in [0.1, 0.15) is 12.8 Å². The summed E-state index contributed by atoms with van der Waals surface area (Å²) in [4.78, 5) is 12.3. The van der Waals surface area contributed by atoms with Gasteiger partial charge in [-0.2, -0.15) is 0 Å². The number of rotatable bonds is 3. The number of carbonyl (C=O) groups is 1. The van der Waals surface area contributed by atoms with Crippen molar-refractivity contribution in [2.75, 3.05) is 13.2 Å². The zero-order chi connectivity index (χ0) is 12.3. The lowest BCUT2D eigenvalue weighted by molar-refractivity contribution is -0.142. The largest absolute Gasteiger partial charge is 0.480 e. The van der Waals surface area contributed by atoms with Gasteiger partial charge in [0, 0.05) is 18.1 Å². The zero-order valence-electron chi connectivity index (χ0n) is 9.19. The van der Waals surface area contributed by atoms with Gasteiger partial charge in [0.2, 0.25) is 0 Å². The molecule has 1 saturated heterocycles. The first-order valence-electron chi connectivity index (χ1n) is 5.39. The van der Waals surface area contributed by atoms with E-state index in [9.17, 15) is 9.90 Å². The van der Waals surface area contributed by atoms with E-state index in [-0.39, 0.29) is 0 Å². The molecule has 0 aliphatic carbocycles. The molecule has 0 radical (unpaired) electrons. The van der Waals surface area contributed by atoms with Crippen LogP contribution in [-0.2, 0) is 9.53 Å². The summed E-state index contributed by atoms with van der Waals surface area (Å²) in [5, 5.41) is 10.0. The molecule has 0 bridgehead atoms. The third-order valence-corrected chi connectivity index (χ3v) is 4.82. The number of aliphatic carboxylic acids is 1. The Bertz CT molecular complexity index is 416. The van der Waals surface area contributed by atoms with E-state index >= 15 is 0 Å². The average Bonchev–Trinajstić information content (AvgIpc) is 2.33. The highest BCUT2D eigenvalue weighted by Crippen LogP contribution is 2.43. The Morgan fingerprint density at radius 2 is 2.00 bits per heavy atom. The summed E-state index contributed by atoms with van der Waals surface area (Å²) in [5.74, 6) is -0.786. The monoisotopic (exact) mass is 272 g/mol. The molecule has 0 unspecified atom stereocenters. The van der Waals surface area contributed by atoms with Crippen molar-refractivity contribution < 1.29 is 14.6 Å². The summed E-state index contributed by atoms with van der Waals surface area (Å²) in [6.07, 6.45) is 1.02. The lowest BCUT2D eigenvalue weighted by Crippen LogP contribution is -2.40. The SMILES string of the molecule is O=C(O)C1(Sc2ccccc2Cl)CCOCC1. The van der Waals surface area contributed by atoms with E-state index in [4.69, 9.17) is 16.3 Å². The Morgan fingerprint density at radius 1 is 1.35 bits per heavy atom. The summed E-state index contributed by atoms with van der Waals surface area (Å²) < 4.78 is 4.43. The predicted molar refractivity (Wildman–Crippen MR) is 67.7 cm³/mol. The second-order valence-electron chi connectivity index (χ2n) is 3.94. The van der Waals surface area contributed by atoms with Crippen molar-refractivity contribution in [2.45, 2.75) is 22.5 Å². The molecule has 1 heterocycles. The number of carboxylic acids is 1. The number of hydrogen-bond donors (Lipinski definition) is 1. The number of ether oxygens (including phenoxy) is 1. The van der Waals surface area contributed by atoms with Gasteiger partial charge in [0.1, 0.15) is 4.75 Å². The van der Waals surface area contributed by atoms with E-state index < -0.39 is 10.7 Å². The fourth-order valence-corrected chi connectivity index (χ4v) is 3.24. The normalized spacial score (nSPS) is 18.9. The van der Waals surface area contributed by atoms with Crippen LogP contribution in [0.2, 0.25) is 5.02 Å². The average molecular weight is 273 g/mol. The number of benzene rings is 1. The van der Waals surface area contributed by atoms with Gasteiger partial charge >= 0.3 is 5.97 Å². The molecule has 3 nitrogen and oxygen atoms in total. The molecule has 1 aromatic rings. The lowest BCUT2D eigenvalue weighted by atomic mass is 9.99. The molecule has 1 fully saturated rings. The first-order valence-corrected chi connectivity index (χ1v) is 6.58. The Kier molecular flexibility index (Phi) is 3.97. The molecule has 5 heteroatoms. The van der Waals surface area contributed by atoms with E-state index in [0.29, 0.717) is 31.1 Å². The maximum atomic E-state index is 11.5. The van der Waals surface area contributed by atoms with Crippen LogP contribution >= 0.6 is 23.4 Å². The van der Waals surface area contributed by atoms with Gasteiger partial charge in [0.25, 0.3) is 0 Å². The van der Waals surface area contributed by atoms with Crippen LogP contribution in [0.25, 0.3) is 0 Å². The molecule has 0 spiro atoms. The minimum Gasteiger partial charge on any atom is -0.480 e. The van der Waals surface area contributed by atoms with Crippen molar-refractivity contribution >= 4 is 29.3 Å². The highest BCUT2D eigenvalue weighted by Gasteiger charge is 2.41.